The number of hydrogen-bond donors (Lipinski definition) is 0. The van der Waals surface area contributed by atoms with Crippen molar-refractivity contribution in [3.8, 4) is 11.5 Å². The van der Waals surface area contributed by atoms with Crippen LogP contribution in [-0.2, 0) is 12.4 Å². The van der Waals surface area contributed by atoms with E-state index in [1.807, 2.05) is 39.1 Å². The fourth-order valence-corrected chi connectivity index (χ4v) is 2.61. The van der Waals surface area contributed by atoms with E-state index in [2.05, 4.69) is 21.0 Å². The van der Waals surface area contributed by atoms with Crippen LogP contribution in [0.25, 0.3) is 0 Å². The Kier molecular flexibility index (Phi) is 3.97. The molecule has 0 aliphatic rings. The van der Waals surface area contributed by atoms with Crippen molar-refractivity contribution in [2.75, 3.05) is 0 Å². The predicted octanol–water partition coefficient (Wildman–Crippen LogP) is 4.38. The standard InChI is InChI=1S/C13H14BrClN2O/c1-8-13(9(2)17(3)16-8)18-11-5-4-10(7-14)12(15)6-11/h4-6H,7H2,1-3H3. The van der Waals surface area contributed by atoms with E-state index in [4.69, 9.17) is 16.3 Å². The second kappa shape index (κ2) is 5.33. The van der Waals surface area contributed by atoms with Crippen LogP contribution in [0.2, 0.25) is 5.02 Å². The van der Waals surface area contributed by atoms with Gasteiger partial charge in [-0.3, -0.25) is 4.68 Å². The lowest BCUT2D eigenvalue weighted by Crippen LogP contribution is -1.93. The zero-order valence-electron chi connectivity index (χ0n) is 10.5. The van der Waals surface area contributed by atoms with Crippen LogP contribution in [0.4, 0.5) is 0 Å². The molecule has 0 aliphatic carbocycles. The van der Waals surface area contributed by atoms with Gasteiger partial charge in [0.05, 0.1) is 5.69 Å². The van der Waals surface area contributed by atoms with E-state index in [0.717, 1.165) is 33.8 Å². The predicted molar refractivity (Wildman–Crippen MR) is 76.8 cm³/mol. The van der Waals surface area contributed by atoms with Gasteiger partial charge in [-0.1, -0.05) is 33.6 Å². The molecule has 0 bridgehead atoms. The second-order valence-electron chi connectivity index (χ2n) is 4.11. The molecule has 0 atom stereocenters. The van der Waals surface area contributed by atoms with Crippen LogP contribution < -0.4 is 4.74 Å². The fraction of sp³-hybridized carbons (Fsp3) is 0.308. The molecule has 0 unspecified atom stereocenters. The Balaban J connectivity index is 2.31. The monoisotopic (exact) mass is 328 g/mol. The van der Waals surface area contributed by atoms with Gasteiger partial charge in [0.2, 0.25) is 0 Å². The number of hydrogen-bond acceptors (Lipinski definition) is 2. The maximum absolute atomic E-state index is 6.15. The van der Waals surface area contributed by atoms with Gasteiger partial charge in [0.1, 0.15) is 11.4 Å². The van der Waals surface area contributed by atoms with E-state index in [-0.39, 0.29) is 0 Å². The third kappa shape index (κ3) is 2.54. The Morgan fingerprint density at radius 2 is 2.11 bits per heavy atom. The highest BCUT2D eigenvalue weighted by Gasteiger charge is 2.12. The summed E-state index contributed by atoms with van der Waals surface area (Å²) in [7, 11) is 1.90. The molecular weight excluding hydrogens is 316 g/mol. The lowest BCUT2D eigenvalue weighted by Gasteiger charge is -2.08. The molecule has 3 nitrogen and oxygen atoms in total. The van der Waals surface area contributed by atoms with Crippen molar-refractivity contribution in [3.05, 3.63) is 40.2 Å². The summed E-state index contributed by atoms with van der Waals surface area (Å²) >= 11 is 9.54. The Hall–Kier alpha value is -1.000. The number of nitrogens with zero attached hydrogens (tertiary/aromatic N) is 2. The molecule has 0 N–H and O–H groups in total. The summed E-state index contributed by atoms with van der Waals surface area (Å²) in [6.07, 6.45) is 0. The van der Waals surface area contributed by atoms with Crippen molar-refractivity contribution in [3.63, 3.8) is 0 Å². The zero-order chi connectivity index (χ0) is 13.3. The van der Waals surface area contributed by atoms with Crippen molar-refractivity contribution in [1.82, 2.24) is 9.78 Å². The lowest BCUT2D eigenvalue weighted by atomic mass is 10.2. The van der Waals surface area contributed by atoms with Crippen LogP contribution in [0.5, 0.6) is 11.5 Å². The Labute approximate surface area is 120 Å². The molecule has 1 aromatic heterocycles. The minimum atomic E-state index is 0.698. The van der Waals surface area contributed by atoms with Crippen molar-refractivity contribution >= 4 is 27.5 Å². The smallest absolute Gasteiger partial charge is 0.171 e. The Morgan fingerprint density at radius 1 is 1.39 bits per heavy atom. The van der Waals surface area contributed by atoms with E-state index < -0.39 is 0 Å². The van der Waals surface area contributed by atoms with Gasteiger partial charge in [-0.15, -0.1) is 0 Å². The van der Waals surface area contributed by atoms with Gasteiger partial charge < -0.3 is 4.74 Å². The Morgan fingerprint density at radius 3 is 2.61 bits per heavy atom. The van der Waals surface area contributed by atoms with Gasteiger partial charge >= 0.3 is 0 Å². The molecule has 1 heterocycles. The molecule has 2 aromatic rings. The first kappa shape index (κ1) is 13.4. The topological polar surface area (TPSA) is 27.1 Å². The number of halogens is 2. The maximum Gasteiger partial charge on any atom is 0.171 e. The number of aromatic nitrogens is 2. The number of alkyl halides is 1. The van der Waals surface area contributed by atoms with Crippen LogP contribution in [0.15, 0.2) is 18.2 Å². The summed E-state index contributed by atoms with van der Waals surface area (Å²) < 4.78 is 7.66. The molecule has 0 radical (unpaired) electrons. The van der Waals surface area contributed by atoms with Gasteiger partial charge in [-0.05, 0) is 31.5 Å². The third-order valence-electron chi connectivity index (χ3n) is 2.83. The summed E-state index contributed by atoms with van der Waals surface area (Å²) in [6.45, 7) is 3.90. The number of benzene rings is 1. The molecule has 96 valence electrons. The SMILES string of the molecule is Cc1nn(C)c(C)c1Oc1ccc(CBr)c(Cl)c1. The molecule has 0 spiro atoms. The first-order valence-electron chi connectivity index (χ1n) is 5.55. The maximum atomic E-state index is 6.15. The zero-order valence-corrected chi connectivity index (χ0v) is 12.8. The quantitative estimate of drug-likeness (QED) is 0.782. The van der Waals surface area contributed by atoms with Gasteiger partial charge in [-0.2, -0.15) is 5.10 Å². The van der Waals surface area contributed by atoms with Gasteiger partial charge in [0, 0.05) is 17.4 Å². The molecule has 1 aromatic carbocycles. The first-order valence-corrected chi connectivity index (χ1v) is 7.05. The minimum absolute atomic E-state index is 0.698. The van der Waals surface area contributed by atoms with Crippen LogP contribution in [0, 0.1) is 13.8 Å². The molecule has 18 heavy (non-hydrogen) atoms. The molecular formula is C13H14BrClN2O. The molecule has 0 fully saturated rings. The third-order valence-corrected chi connectivity index (χ3v) is 3.79. The summed E-state index contributed by atoms with van der Waals surface area (Å²) in [4.78, 5) is 0. The van der Waals surface area contributed by atoms with E-state index in [0.29, 0.717) is 5.02 Å². The average Bonchev–Trinajstić information content (AvgIpc) is 2.56. The largest absolute Gasteiger partial charge is 0.453 e. The molecule has 0 amide bonds. The van der Waals surface area contributed by atoms with Gasteiger partial charge in [0.25, 0.3) is 0 Å². The summed E-state index contributed by atoms with van der Waals surface area (Å²) in [5.74, 6) is 1.52. The van der Waals surface area contributed by atoms with Crippen LogP contribution in [-0.4, -0.2) is 9.78 Å². The second-order valence-corrected chi connectivity index (χ2v) is 5.08. The molecule has 0 aliphatic heterocycles. The van der Waals surface area contributed by atoms with Crippen LogP contribution >= 0.6 is 27.5 Å². The summed E-state index contributed by atoms with van der Waals surface area (Å²) in [5, 5.41) is 5.75. The number of ether oxygens (including phenoxy) is 1. The summed E-state index contributed by atoms with van der Waals surface area (Å²) in [6, 6.07) is 5.69. The normalized spacial score (nSPS) is 10.7. The van der Waals surface area contributed by atoms with E-state index >= 15 is 0 Å². The van der Waals surface area contributed by atoms with Crippen LogP contribution in [0.1, 0.15) is 17.0 Å². The van der Waals surface area contributed by atoms with E-state index in [9.17, 15) is 0 Å². The number of rotatable bonds is 3. The van der Waals surface area contributed by atoms with Crippen molar-refractivity contribution < 1.29 is 4.74 Å². The average molecular weight is 330 g/mol. The molecule has 0 saturated heterocycles. The molecule has 2 rings (SSSR count). The van der Waals surface area contributed by atoms with Crippen molar-refractivity contribution in [2.45, 2.75) is 19.2 Å². The highest BCUT2D eigenvalue weighted by atomic mass is 79.9. The fourth-order valence-electron chi connectivity index (χ4n) is 1.72. The Bertz CT molecular complexity index is 581. The number of aryl methyl sites for hydroxylation is 2. The van der Waals surface area contributed by atoms with Crippen molar-refractivity contribution in [1.29, 1.82) is 0 Å². The van der Waals surface area contributed by atoms with Gasteiger partial charge in [0.15, 0.2) is 5.75 Å². The molecule has 5 heteroatoms. The van der Waals surface area contributed by atoms with Crippen molar-refractivity contribution in [2.24, 2.45) is 7.05 Å². The molecule has 0 saturated carbocycles. The minimum Gasteiger partial charge on any atom is -0.453 e. The highest BCUT2D eigenvalue weighted by molar-refractivity contribution is 9.08. The van der Waals surface area contributed by atoms with E-state index in [1.165, 1.54) is 0 Å². The highest BCUT2D eigenvalue weighted by Crippen LogP contribution is 2.31. The first-order chi connectivity index (χ1) is 8.52. The lowest BCUT2D eigenvalue weighted by molar-refractivity contribution is 0.474. The van der Waals surface area contributed by atoms with Gasteiger partial charge in [-0.25, -0.2) is 0 Å². The van der Waals surface area contributed by atoms with E-state index in [1.54, 1.807) is 4.68 Å². The van der Waals surface area contributed by atoms with Crippen LogP contribution in [0.3, 0.4) is 0 Å². The summed E-state index contributed by atoms with van der Waals surface area (Å²) in [5.41, 5.74) is 2.91.